The second-order valence-electron chi connectivity index (χ2n) is 21.9. The van der Waals surface area contributed by atoms with E-state index in [4.69, 9.17) is 28.4 Å². The van der Waals surface area contributed by atoms with E-state index in [0.717, 1.165) is 6.26 Å². The number of carbonyl (C=O) groups is 1. The highest BCUT2D eigenvalue weighted by Gasteiger charge is 2.53. The molecule has 0 radical (unpaired) electrons. The Morgan fingerprint density at radius 3 is 2.29 bits per heavy atom. The van der Waals surface area contributed by atoms with Gasteiger partial charge in [-0.3, -0.25) is 4.79 Å². The van der Waals surface area contributed by atoms with Crippen LogP contribution in [0.4, 0.5) is 4.39 Å². The Hall–Kier alpha value is -2.84. The van der Waals surface area contributed by atoms with E-state index in [1.165, 1.54) is 31.0 Å². The lowest BCUT2D eigenvalue weighted by Crippen LogP contribution is -2.61. The van der Waals surface area contributed by atoms with Crippen LogP contribution in [0.1, 0.15) is 112 Å². The maximum Gasteiger partial charge on any atom is 0.311 e. The first-order chi connectivity index (χ1) is 33.5. The molecule has 0 aromatic carbocycles. The first-order valence-electron chi connectivity index (χ1n) is 25.4. The van der Waals surface area contributed by atoms with Crippen LogP contribution in [-0.2, 0) is 55.9 Å². The number of cyclic esters (lactones) is 1. The molecule has 0 saturated carbocycles. The van der Waals surface area contributed by atoms with E-state index < -0.39 is 131 Å². The molecule has 0 amide bonds. The number of aliphatic hydroxyl groups is 5. The largest absolute Gasteiger partial charge is 0.459 e. The SMILES string of the molecule is CC[C@H]1OC(=O)[C@H](C)[C@@H](O[C@H]2C[C@@](C)(OC)[C@@H](O)[C@H](C)O2)[C@H](C)[C@@H](O[C@@H]2O[C@H](C)C[C@H](N(C)CCc3cn([C@H](CF)Cc4ccc(S(C)(=O)=O)nc4)nn3)[C@H]2O)[C@](C)(O)C[C@@H](C)CN(C)[C@H](C)[C@@H](O)[C@]1(C)O. The summed E-state index contributed by atoms with van der Waals surface area (Å²) in [5, 5.41) is 68.1. The van der Waals surface area contributed by atoms with E-state index in [1.807, 2.05) is 37.7 Å². The lowest BCUT2D eigenvalue weighted by atomic mass is 9.77. The van der Waals surface area contributed by atoms with Crippen LogP contribution in [0.3, 0.4) is 0 Å². The number of ether oxygens (including phenoxy) is 6. The quantitative estimate of drug-likeness (QED) is 0.161. The van der Waals surface area contributed by atoms with E-state index in [2.05, 4.69) is 15.3 Å². The Kier molecular flexibility index (Phi) is 20.4. The number of alkyl halides is 1. The van der Waals surface area contributed by atoms with Gasteiger partial charge in [-0.25, -0.2) is 22.5 Å². The van der Waals surface area contributed by atoms with E-state index in [0.29, 0.717) is 37.2 Å². The minimum atomic E-state index is -3.49. The number of methoxy groups -OCH3 is 1. The van der Waals surface area contributed by atoms with Crippen LogP contribution in [0.2, 0.25) is 0 Å². The number of likely N-dealkylation sites (N-methyl/N-ethyl adjacent to an activating group) is 2. The predicted molar refractivity (Wildman–Crippen MR) is 263 cm³/mol. The Morgan fingerprint density at radius 2 is 1.69 bits per heavy atom. The van der Waals surface area contributed by atoms with Gasteiger partial charge in [-0.2, -0.15) is 0 Å². The molecule has 2 aromatic heterocycles. The number of sulfone groups is 1. The van der Waals surface area contributed by atoms with E-state index >= 15 is 0 Å². The summed E-state index contributed by atoms with van der Waals surface area (Å²) >= 11 is 0. The van der Waals surface area contributed by atoms with Crippen molar-refractivity contribution in [1.82, 2.24) is 29.8 Å². The van der Waals surface area contributed by atoms with Gasteiger partial charge in [0.2, 0.25) is 0 Å². The van der Waals surface area contributed by atoms with Gasteiger partial charge in [-0.05, 0) is 106 Å². The fourth-order valence-corrected chi connectivity index (χ4v) is 11.5. The lowest BCUT2D eigenvalue weighted by molar-refractivity contribution is -0.318. The summed E-state index contributed by atoms with van der Waals surface area (Å²) in [6.45, 7) is 17.3. The molecule has 5 rings (SSSR count). The van der Waals surface area contributed by atoms with Gasteiger partial charge in [0.25, 0.3) is 0 Å². The van der Waals surface area contributed by atoms with Crippen molar-refractivity contribution in [2.24, 2.45) is 17.8 Å². The number of pyridine rings is 1. The number of carbonyl (C=O) groups excluding carboxylic acids is 1. The molecule has 19 atom stereocenters. The third-order valence-electron chi connectivity index (χ3n) is 15.6. The fraction of sp³-hybridized carbons (Fsp3) is 0.840. The molecular formula is C50H85FN6O14S. The Balaban J connectivity index is 1.43. The van der Waals surface area contributed by atoms with Crippen LogP contribution < -0.4 is 0 Å². The highest BCUT2D eigenvalue weighted by molar-refractivity contribution is 7.90. The maximum atomic E-state index is 14.5. The van der Waals surface area contributed by atoms with Crippen LogP contribution in [0.15, 0.2) is 29.6 Å². The lowest BCUT2D eigenvalue weighted by Gasteiger charge is -2.49. The summed E-state index contributed by atoms with van der Waals surface area (Å²) in [6.07, 6.45) is -4.86. The first kappa shape index (κ1) is 60.0. The van der Waals surface area contributed by atoms with Gasteiger partial charge >= 0.3 is 5.97 Å². The summed E-state index contributed by atoms with van der Waals surface area (Å²) in [5.74, 6) is -2.92. The molecule has 20 nitrogen and oxygen atoms in total. The van der Waals surface area contributed by atoms with Gasteiger partial charge in [-0.15, -0.1) is 5.10 Å². The molecule has 5 heterocycles. The van der Waals surface area contributed by atoms with Crippen molar-refractivity contribution in [2.75, 3.05) is 47.2 Å². The molecule has 0 aliphatic carbocycles. The molecule has 3 fully saturated rings. The Morgan fingerprint density at radius 1 is 1.01 bits per heavy atom. The smallest absolute Gasteiger partial charge is 0.311 e. The Labute approximate surface area is 425 Å². The average Bonchev–Trinajstić information content (AvgIpc) is 3.79. The number of aliphatic hydroxyl groups excluding tert-OH is 3. The molecule has 2 aromatic rings. The van der Waals surface area contributed by atoms with E-state index in [1.54, 1.807) is 60.7 Å². The second-order valence-corrected chi connectivity index (χ2v) is 23.9. The van der Waals surface area contributed by atoms with Gasteiger partial charge in [0.05, 0.1) is 53.3 Å². The molecule has 0 spiro atoms. The molecule has 0 bridgehead atoms. The molecule has 22 heteroatoms. The standard InChI is InChI=1S/C50H85FN6O14S/c1-15-38-50(10,63)43(59)32(6)56(12)26-28(2)22-48(8,62)45(30(4)42(31(5)46(61)69-38)70-40-23-49(9,66-13)44(60)33(7)68-40)71-47-41(58)37(20-29(3)67-47)55(11)19-18-35-27-57(54-53-35)36(24-51)21-34-16-17-39(52-25-34)72(14,64)65/h16-17,25,27-33,36-38,40-45,47,58-60,62-63H,15,18-24,26H2,1-14H3/t28-,29-,30+,31-,32-,33+,36+,37+,38-,40+,41-,42+,43-,44+,45-,47+,48-,49-,50-/m1/s1. The van der Waals surface area contributed by atoms with Crippen molar-refractivity contribution in [3.63, 3.8) is 0 Å². The van der Waals surface area contributed by atoms with Gasteiger partial charge in [0.15, 0.2) is 27.4 Å². The minimum absolute atomic E-state index is 0.0707. The third-order valence-corrected chi connectivity index (χ3v) is 16.6. The number of nitrogens with zero attached hydrogens (tertiary/aromatic N) is 6. The number of halogens is 1. The molecular weight excluding hydrogens is 960 g/mol. The summed E-state index contributed by atoms with van der Waals surface area (Å²) < 4.78 is 77.7. The zero-order valence-corrected chi connectivity index (χ0v) is 45.6. The third kappa shape index (κ3) is 14.1. The van der Waals surface area contributed by atoms with Crippen LogP contribution in [0.5, 0.6) is 0 Å². The monoisotopic (exact) mass is 1040 g/mol. The highest BCUT2D eigenvalue weighted by Crippen LogP contribution is 2.40. The number of hydrogen-bond donors (Lipinski definition) is 5. The Bertz CT molecular complexity index is 2160. The van der Waals surface area contributed by atoms with Crippen LogP contribution in [0.25, 0.3) is 0 Å². The number of esters is 1. The first-order valence-corrected chi connectivity index (χ1v) is 27.2. The van der Waals surface area contributed by atoms with Gasteiger partial charge in [-0.1, -0.05) is 32.1 Å². The topological polar surface area (TPSA) is 258 Å². The van der Waals surface area contributed by atoms with Crippen molar-refractivity contribution in [3.05, 3.63) is 35.8 Å². The summed E-state index contributed by atoms with van der Waals surface area (Å²) in [4.78, 5) is 22.4. The van der Waals surface area contributed by atoms with Crippen LogP contribution in [0, 0.1) is 17.8 Å². The maximum absolute atomic E-state index is 14.5. The number of aromatic nitrogens is 4. The predicted octanol–water partition coefficient (Wildman–Crippen LogP) is 2.66. The molecule has 412 valence electrons. The van der Waals surface area contributed by atoms with Crippen molar-refractivity contribution in [3.8, 4) is 0 Å². The van der Waals surface area contributed by atoms with Gasteiger partial charge in [0.1, 0.15) is 36.7 Å². The molecule has 3 aliphatic heterocycles. The van der Waals surface area contributed by atoms with Crippen LogP contribution >= 0.6 is 0 Å². The number of hydrogen-bond acceptors (Lipinski definition) is 19. The van der Waals surface area contributed by atoms with E-state index in [9.17, 15) is 43.1 Å². The van der Waals surface area contributed by atoms with Crippen molar-refractivity contribution in [2.45, 2.75) is 209 Å². The summed E-state index contributed by atoms with van der Waals surface area (Å²) in [6, 6.07) is 1.18. The molecule has 72 heavy (non-hydrogen) atoms. The zero-order valence-electron chi connectivity index (χ0n) is 44.8. The fourth-order valence-electron chi connectivity index (χ4n) is 11.0. The molecule has 5 N–H and O–H groups in total. The minimum Gasteiger partial charge on any atom is -0.459 e. The summed E-state index contributed by atoms with van der Waals surface area (Å²) in [7, 11) is 1.67. The van der Waals surface area contributed by atoms with Crippen molar-refractivity contribution in [1.29, 1.82) is 0 Å². The molecule has 3 aliphatic rings. The second kappa shape index (κ2) is 24.4. The van der Waals surface area contributed by atoms with Gasteiger partial charge in [0, 0.05) is 69.7 Å². The molecule has 0 unspecified atom stereocenters. The van der Waals surface area contributed by atoms with Crippen molar-refractivity contribution < 1.29 is 71.6 Å². The number of rotatable bonds is 15. The summed E-state index contributed by atoms with van der Waals surface area (Å²) in [5.41, 5.74) is -3.40. The zero-order chi connectivity index (χ0) is 53.8. The van der Waals surface area contributed by atoms with Crippen molar-refractivity contribution >= 4 is 15.8 Å². The van der Waals surface area contributed by atoms with E-state index in [-0.39, 0.29) is 36.6 Å². The molecule has 3 saturated heterocycles. The average molecular weight is 1050 g/mol. The van der Waals surface area contributed by atoms with Crippen LogP contribution in [-0.4, -0.2) is 207 Å². The van der Waals surface area contributed by atoms with Gasteiger partial charge < -0.3 is 63.8 Å². The normalized spacial score (nSPS) is 39.8. The highest BCUT2D eigenvalue weighted by atomic mass is 32.2.